The van der Waals surface area contributed by atoms with Crippen LogP contribution < -0.4 is 5.73 Å². The maximum Gasteiger partial charge on any atom is 0.00387 e. The van der Waals surface area contributed by atoms with Crippen molar-refractivity contribution in [2.45, 2.75) is 65.3 Å². The summed E-state index contributed by atoms with van der Waals surface area (Å²) in [5.41, 5.74) is 5.91. The van der Waals surface area contributed by atoms with Crippen LogP contribution in [0.25, 0.3) is 0 Å². The van der Waals surface area contributed by atoms with Crippen molar-refractivity contribution in [3.8, 4) is 0 Å². The molecule has 1 heteroatoms. The Morgan fingerprint density at radius 2 is 1.75 bits per heavy atom. The van der Waals surface area contributed by atoms with Crippen molar-refractivity contribution >= 4 is 0 Å². The summed E-state index contributed by atoms with van der Waals surface area (Å²) in [5.74, 6) is 0.888. The first-order chi connectivity index (χ1) is 5.70. The maximum absolute atomic E-state index is 5.91. The largest absolute Gasteiger partial charge is 0.328 e. The molecule has 2 N–H and O–H groups in total. The third-order valence-corrected chi connectivity index (χ3v) is 2.63. The van der Waals surface area contributed by atoms with Crippen LogP contribution in [0.2, 0.25) is 0 Å². The SMILES string of the molecule is CCCC(N)CCCC(C)CC. The van der Waals surface area contributed by atoms with Crippen LogP contribution >= 0.6 is 0 Å². The molecule has 0 bridgehead atoms. The van der Waals surface area contributed by atoms with Crippen molar-refractivity contribution in [3.63, 3.8) is 0 Å². The van der Waals surface area contributed by atoms with E-state index in [2.05, 4.69) is 20.8 Å². The average Bonchev–Trinajstić information content (AvgIpc) is 2.04. The van der Waals surface area contributed by atoms with Crippen LogP contribution in [0, 0.1) is 5.92 Å². The van der Waals surface area contributed by atoms with E-state index in [9.17, 15) is 0 Å². The molecule has 74 valence electrons. The number of hydrogen-bond acceptors (Lipinski definition) is 1. The van der Waals surface area contributed by atoms with E-state index in [0.717, 1.165) is 5.92 Å². The highest BCUT2D eigenvalue weighted by Crippen LogP contribution is 2.12. The molecule has 0 radical (unpaired) electrons. The molecule has 0 aromatic heterocycles. The molecule has 0 aromatic rings. The third-order valence-electron chi connectivity index (χ3n) is 2.63. The van der Waals surface area contributed by atoms with Gasteiger partial charge in [-0.3, -0.25) is 0 Å². The molecule has 0 aliphatic carbocycles. The molecule has 0 aromatic carbocycles. The van der Waals surface area contributed by atoms with Crippen molar-refractivity contribution in [2.24, 2.45) is 11.7 Å². The summed E-state index contributed by atoms with van der Waals surface area (Å²) in [5, 5.41) is 0. The monoisotopic (exact) mass is 171 g/mol. The fraction of sp³-hybridized carbons (Fsp3) is 1.00. The Balaban J connectivity index is 3.18. The van der Waals surface area contributed by atoms with Gasteiger partial charge in [-0.05, 0) is 18.8 Å². The van der Waals surface area contributed by atoms with E-state index in [4.69, 9.17) is 5.73 Å². The summed E-state index contributed by atoms with van der Waals surface area (Å²) < 4.78 is 0. The summed E-state index contributed by atoms with van der Waals surface area (Å²) in [4.78, 5) is 0. The van der Waals surface area contributed by atoms with Gasteiger partial charge in [0.2, 0.25) is 0 Å². The molecule has 0 saturated carbocycles. The molecule has 0 fully saturated rings. The summed E-state index contributed by atoms with van der Waals surface area (Å²) in [6.07, 6.45) is 7.62. The molecule has 0 spiro atoms. The molecule has 1 nitrogen and oxygen atoms in total. The van der Waals surface area contributed by atoms with Crippen molar-refractivity contribution in [1.82, 2.24) is 0 Å². The quantitative estimate of drug-likeness (QED) is 0.624. The molecule has 0 saturated heterocycles. The van der Waals surface area contributed by atoms with Crippen LogP contribution in [0.3, 0.4) is 0 Å². The fourth-order valence-electron chi connectivity index (χ4n) is 1.45. The van der Waals surface area contributed by atoms with Gasteiger partial charge in [-0.1, -0.05) is 46.5 Å². The lowest BCUT2D eigenvalue weighted by Gasteiger charge is -2.12. The molecule has 0 rings (SSSR count). The summed E-state index contributed by atoms with van der Waals surface area (Å²) in [7, 11) is 0. The van der Waals surface area contributed by atoms with Crippen LogP contribution in [0.15, 0.2) is 0 Å². The van der Waals surface area contributed by atoms with Gasteiger partial charge >= 0.3 is 0 Å². The second-order valence-corrected chi connectivity index (χ2v) is 3.99. The van der Waals surface area contributed by atoms with Gasteiger partial charge in [0.05, 0.1) is 0 Å². The van der Waals surface area contributed by atoms with Crippen molar-refractivity contribution < 1.29 is 0 Å². The van der Waals surface area contributed by atoms with Crippen molar-refractivity contribution in [2.75, 3.05) is 0 Å². The summed E-state index contributed by atoms with van der Waals surface area (Å²) in [6, 6.07) is 0.457. The van der Waals surface area contributed by atoms with Gasteiger partial charge in [0.25, 0.3) is 0 Å². The van der Waals surface area contributed by atoms with E-state index in [1.165, 1.54) is 38.5 Å². The Morgan fingerprint density at radius 1 is 1.08 bits per heavy atom. The van der Waals surface area contributed by atoms with E-state index in [1.54, 1.807) is 0 Å². The minimum Gasteiger partial charge on any atom is -0.328 e. The fourth-order valence-corrected chi connectivity index (χ4v) is 1.45. The van der Waals surface area contributed by atoms with E-state index in [1.807, 2.05) is 0 Å². The molecule has 0 aliphatic rings. The molecule has 0 aliphatic heterocycles. The Bertz CT molecular complexity index is 91.0. The lowest BCUT2D eigenvalue weighted by atomic mass is 9.98. The highest BCUT2D eigenvalue weighted by atomic mass is 14.6. The van der Waals surface area contributed by atoms with Gasteiger partial charge in [0.1, 0.15) is 0 Å². The summed E-state index contributed by atoms with van der Waals surface area (Å²) >= 11 is 0. The lowest BCUT2D eigenvalue weighted by Crippen LogP contribution is -2.19. The van der Waals surface area contributed by atoms with Gasteiger partial charge in [0.15, 0.2) is 0 Å². The van der Waals surface area contributed by atoms with E-state index >= 15 is 0 Å². The Hall–Kier alpha value is -0.0400. The van der Waals surface area contributed by atoms with Gasteiger partial charge < -0.3 is 5.73 Å². The Labute approximate surface area is 77.7 Å². The average molecular weight is 171 g/mol. The molecule has 0 amide bonds. The second-order valence-electron chi connectivity index (χ2n) is 3.99. The topological polar surface area (TPSA) is 26.0 Å². The van der Waals surface area contributed by atoms with Crippen molar-refractivity contribution in [3.05, 3.63) is 0 Å². The van der Waals surface area contributed by atoms with Crippen LogP contribution in [0.1, 0.15) is 59.3 Å². The van der Waals surface area contributed by atoms with Crippen LogP contribution in [0.5, 0.6) is 0 Å². The molecule has 12 heavy (non-hydrogen) atoms. The normalized spacial score (nSPS) is 16.0. The number of hydrogen-bond donors (Lipinski definition) is 1. The molecule has 0 heterocycles. The van der Waals surface area contributed by atoms with Gasteiger partial charge in [-0.25, -0.2) is 0 Å². The molecular formula is C11H25N. The predicted octanol–water partition coefficient (Wildman–Crippen LogP) is 3.33. The highest BCUT2D eigenvalue weighted by Gasteiger charge is 2.02. The first kappa shape index (κ1) is 12.0. The van der Waals surface area contributed by atoms with E-state index in [0.29, 0.717) is 6.04 Å². The van der Waals surface area contributed by atoms with Gasteiger partial charge in [-0.15, -0.1) is 0 Å². The highest BCUT2D eigenvalue weighted by molar-refractivity contribution is 4.61. The van der Waals surface area contributed by atoms with Crippen LogP contribution in [-0.4, -0.2) is 6.04 Å². The van der Waals surface area contributed by atoms with E-state index < -0.39 is 0 Å². The Morgan fingerprint density at radius 3 is 2.25 bits per heavy atom. The molecule has 2 unspecified atom stereocenters. The number of rotatable bonds is 7. The summed E-state index contributed by atoms with van der Waals surface area (Å²) in [6.45, 7) is 6.79. The zero-order valence-corrected chi connectivity index (χ0v) is 8.97. The Kier molecular flexibility index (Phi) is 7.58. The molecular weight excluding hydrogens is 146 g/mol. The first-order valence-electron chi connectivity index (χ1n) is 5.46. The number of nitrogens with two attached hydrogens (primary N) is 1. The zero-order valence-electron chi connectivity index (χ0n) is 8.97. The standard InChI is InChI=1S/C11H25N/c1-4-7-11(12)9-6-8-10(3)5-2/h10-11H,4-9,12H2,1-3H3. The minimum absolute atomic E-state index is 0.457. The van der Waals surface area contributed by atoms with Crippen molar-refractivity contribution in [1.29, 1.82) is 0 Å². The van der Waals surface area contributed by atoms with Crippen LogP contribution in [-0.2, 0) is 0 Å². The lowest BCUT2D eigenvalue weighted by molar-refractivity contribution is 0.450. The first-order valence-corrected chi connectivity index (χ1v) is 5.46. The van der Waals surface area contributed by atoms with E-state index in [-0.39, 0.29) is 0 Å². The third kappa shape index (κ3) is 6.66. The van der Waals surface area contributed by atoms with Gasteiger partial charge in [-0.2, -0.15) is 0 Å². The maximum atomic E-state index is 5.91. The predicted molar refractivity (Wildman–Crippen MR) is 56.2 cm³/mol. The zero-order chi connectivity index (χ0) is 9.40. The van der Waals surface area contributed by atoms with Gasteiger partial charge in [0, 0.05) is 6.04 Å². The molecule has 2 atom stereocenters. The second kappa shape index (κ2) is 7.60. The van der Waals surface area contributed by atoms with Crippen LogP contribution in [0.4, 0.5) is 0 Å². The minimum atomic E-state index is 0.457. The smallest absolute Gasteiger partial charge is 0.00387 e.